The maximum Gasteiger partial charge on any atom is 0.326 e. The Bertz CT molecular complexity index is 344. The lowest BCUT2D eigenvalue weighted by atomic mass is 9.84. The molecule has 1 N–H and O–H groups in total. The van der Waals surface area contributed by atoms with Crippen LogP contribution in [0.5, 0.6) is 0 Å². The average molecular weight is 296 g/mol. The van der Waals surface area contributed by atoms with E-state index in [1.54, 1.807) is 0 Å². The maximum absolute atomic E-state index is 12.4. The Kier molecular flexibility index (Phi) is 6.06. The second kappa shape index (κ2) is 7.59. The standard InChI is InChI=1S/C17H32N2O2/c1-4-12-19(15-8-9-15)13-10-14-7-6-11-17(14,18-3)16(20)21-5-2/h14-15,18H,4-13H2,1-3H3. The SMILES string of the molecule is CCCN(CCC1CCCC1(NC)C(=O)OCC)C1CC1. The summed E-state index contributed by atoms with van der Waals surface area (Å²) in [5, 5.41) is 3.32. The van der Waals surface area contributed by atoms with Crippen molar-refractivity contribution in [1.29, 1.82) is 0 Å². The van der Waals surface area contributed by atoms with Crippen molar-refractivity contribution in [1.82, 2.24) is 10.2 Å². The first-order chi connectivity index (χ1) is 10.2. The van der Waals surface area contributed by atoms with E-state index in [2.05, 4.69) is 17.1 Å². The number of likely N-dealkylation sites (N-methyl/N-ethyl adjacent to an activating group) is 1. The fourth-order valence-electron chi connectivity index (χ4n) is 3.95. The van der Waals surface area contributed by atoms with Crippen molar-refractivity contribution in [2.45, 2.75) is 70.4 Å². The predicted molar refractivity (Wildman–Crippen MR) is 85.3 cm³/mol. The second-order valence-electron chi connectivity index (χ2n) is 6.59. The van der Waals surface area contributed by atoms with Gasteiger partial charge in [-0.25, -0.2) is 0 Å². The van der Waals surface area contributed by atoms with Crippen molar-refractivity contribution >= 4 is 5.97 Å². The van der Waals surface area contributed by atoms with Gasteiger partial charge in [-0.3, -0.25) is 4.79 Å². The summed E-state index contributed by atoms with van der Waals surface area (Å²) in [6, 6.07) is 0.818. The first kappa shape index (κ1) is 16.8. The van der Waals surface area contributed by atoms with E-state index < -0.39 is 5.54 Å². The lowest BCUT2D eigenvalue weighted by Crippen LogP contribution is -2.54. The Hall–Kier alpha value is -0.610. The molecule has 2 saturated carbocycles. The number of hydrogen-bond donors (Lipinski definition) is 1. The molecule has 0 radical (unpaired) electrons. The third-order valence-electron chi connectivity index (χ3n) is 5.25. The summed E-state index contributed by atoms with van der Waals surface area (Å²) in [5.74, 6) is 0.378. The fraction of sp³-hybridized carbons (Fsp3) is 0.941. The number of carbonyl (C=O) groups is 1. The van der Waals surface area contributed by atoms with Crippen LogP contribution in [0.1, 0.15) is 58.8 Å². The van der Waals surface area contributed by atoms with Gasteiger partial charge in [0.25, 0.3) is 0 Å². The molecule has 0 bridgehead atoms. The largest absolute Gasteiger partial charge is 0.465 e. The average Bonchev–Trinajstić information content (AvgIpc) is 3.23. The quantitative estimate of drug-likeness (QED) is 0.664. The van der Waals surface area contributed by atoms with Gasteiger partial charge in [0.2, 0.25) is 0 Å². The summed E-state index contributed by atoms with van der Waals surface area (Å²) in [7, 11) is 1.92. The second-order valence-corrected chi connectivity index (χ2v) is 6.59. The molecule has 4 heteroatoms. The van der Waals surface area contributed by atoms with E-state index in [1.807, 2.05) is 14.0 Å². The number of rotatable bonds is 9. The molecule has 2 rings (SSSR count). The minimum Gasteiger partial charge on any atom is -0.465 e. The number of nitrogens with zero attached hydrogens (tertiary/aromatic N) is 1. The van der Waals surface area contributed by atoms with E-state index in [0.29, 0.717) is 12.5 Å². The summed E-state index contributed by atoms with van der Waals surface area (Å²) in [4.78, 5) is 15.1. The molecule has 0 aromatic rings. The Morgan fingerprint density at radius 2 is 2.05 bits per heavy atom. The molecule has 21 heavy (non-hydrogen) atoms. The van der Waals surface area contributed by atoms with Crippen LogP contribution in [-0.2, 0) is 9.53 Å². The number of carbonyl (C=O) groups excluding carboxylic acids is 1. The van der Waals surface area contributed by atoms with Crippen LogP contribution in [-0.4, -0.2) is 49.2 Å². The van der Waals surface area contributed by atoms with Gasteiger partial charge in [0, 0.05) is 6.04 Å². The highest BCUT2D eigenvalue weighted by molar-refractivity contribution is 5.81. The number of nitrogens with one attached hydrogen (secondary N) is 1. The zero-order valence-electron chi connectivity index (χ0n) is 14.0. The molecule has 0 amide bonds. The molecular formula is C17H32N2O2. The lowest BCUT2D eigenvalue weighted by Gasteiger charge is -2.34. The number of ether oxygens (including phenoxy) is 1. The highest BCUT2D eigenvalue weighted by atomic mass is 16.5. The number of hydrogen-bond acceptors (Lipinski definition) is 4. The van der Waals surface area contributed by atoms with Crippen LogP contribution in [0.15, 0.2) is 0 Å². The minimum absolute atomic E-state index is 0.0385. The van der Waals surface area contributed by atoms with Crippen LogP contribution in [0.3, 0.4) is 0 Å². The van der Waals surface area contributed by atoms with Gasteiger partial charge >= 0.3 is 5.97 Å². The lowest BCUT2D eigenvalue weighted by molar-refractivity contribution is -0.153. The van der Waals surface area contributed by atoms with Crippen molar-refractivity contribution in [3.63, 3.8) is 0 Å². The Morgan fingerprint density at radius 1 is 1.29 bits per heavy atom. The van der Waals surface area contributed by atoms with E-state index in [4.69, 9.17) is 4.74 Å². The van der Waals surface area contributed by atoms with Crippen LogP contribution in [0, 0.1) is 5.92 Å². The zero-order chi connectivity index (χ0) is 15.3. The van der Waals surface area contributed by atoms with E-state index >= 15 is 0 Å². The third-order valence-corrected chi connectivity index (χ3v) is 5.25. The summed E-state index contributed by atoms with van der Waals surface area (Å²) < 4.78 is 5.35. The van der Waals surface area contributed by atoms with Gasteiger partial charge in [-0.2, -0.15) is 0 Å². The molecule has 0 aromatic carbocycles. The Labute approximate surface area is 129 Å². The van der Waals surface area contributed by atoms with E-state index in [1.165, 1.54) is 25.8 Å². The van der Waals surface area contributed by atoms with Crippen molar-refractivity contribution in [3.8, 4) is 0 Å². The van der Waals surface area contributed by atoms with Crippen LogP contribution in [0.2, 0.25) is 0 Å². The fourth-order valence-corrected chi connectivity index (χ4v) is 3.95. The monoisotopic (exact) mass is 296 g/mol. The first-order valence-corrected chi connectivity index (χ1v) is 8.78. The van der Waals surface area contributed by atoms with Crippen molar-refractivity contribution in [2.75, 3.05) is 26.7 Å². The molecule has 2 atom stereocenters. The predicted octanol–water partition coefficient (Wildman–Crippen LogP) is 2.57. The van der Waals surface area contributed by atoms with Gasteiger partial charge in [0.05, 0.1) is 6.61 Å². The number of esters is 1. The highest BCUT2D eigenvalue weighted by Crippen LogP contribution is 2.39. The molecule has 2 aliphatic rings. The molecular weight excluding hydrogens is 264 g/mol. The molecule has 4 nitrogen and oxygen atoms in total. The van der Waals surface area contributed by atoms with E-state index in [0.717, 1.165) is 38.3 Å². The smallest absolute Gasteiger partial charge is 0.326 e. The topological polar surface area (TPSA) is 41.6 Å². The highest BCUT2D eigenvalue weighted by Gasteiger charge is 2.48. The van der Waals surface area contributed by atoms with Crippen LogP contribution in [0.25, 0.3) is 0 Å². The first-order valence-electron chi connectivity index (χ1n) is 8.78. The molecule has 2 fully saturated rings. The van der Waals surface area contributed by atoms with Gasteiger partial charge in [0.1, 0.15) is 5.54 Å². The molecule has 122 valence electrons. The van der Waals surface area contributed by atoms with Crippen molar-refractivity contribution < 1.29 is 9.53 Å². The van der Waals surface area contributed by atoms with Crippen LogP contribution >= 0.6 is 0 Å². The van der Waals surface area contributed by atoms with Crippen molar-refractivity contribution in [2.24, 2.45) is 5.92 Å². The maximum atomic E-state index is 12.4. The van der Waals surface area contributed by atoms with E-state index in [-0.39, 0.29) is 5.97 Å². The zero-order valence-corrected chi connectivity index (χ0v) is 14.0. The molecule has 0 aromatic heterocycles. The normalized spacial score (nSPS) is 29.0. The summed E-state index contributed by atoms with van der Waals surface area (Å²) in [6.45, 7) is 6.94. The van der Waals surface area contributed by atoms with Gasteiger partial charge in [-0.15, -0.1) is 0 Å². The molecule has 2 unspecified atom stereocenters. The summed E-state index contributed by atoms with van der Waals surface area (Å²) in [5.41, 5.74) is -0.433. The van der Waals surface area contributed by atoms with Gasteiger partial charge in [-0.05, 0) is 71.5 Å². The van der Waals surface area contributed by atoms with E-state index in [9.17, 15) is 4.79 Å². The van der Waals surface area contributed by atoms with Crippen LogP contribution in [0.4, 0.5) is 0 Å². The Morgan fingerprint density at radius 3 is 2.62 bits per heavy atom. The third kappa shape index (κ3) is 3.78. The molecule has 0 saturated heterocycles. The summed E-state index contributed by atoms with van der Waals surface area (Å²) >= 11 is 0. The van der Waals surface area contributed by atoms with Crippen molar-refractivity contribution in [3.05, 3.63) is 0 Å². The van der Waals surface area contributed by atoms with Gasteiger partial charge in [0.15, 0.2) is 0 Å². The molecule has 0 spiro atoms. The Balaban J connectivity index is 1.94. The molecule has 0 aliphatic heterocycles. The minimum atomic E-state index is -0.433. The molecule has 0 heterocycles. The van der Waals surface area contributed by atoms with Crippen LogP contribution < -0.4 is 5.32 Å². The van der Waals surface area contributed by atoms with Gasteiger partial charge < -0.3 is 15.0 Å². The van der Waals surface area contributed by atoms with Gasteiger partial charge in [-0.1, -0.05) is 13.3 Å². The summed E-state index contributed by atoms with van der Waals surface area (Å²) in [6.07, 6.45) is 8.24. The molecule has 2 aliphatic carbocycles.